The zero-order valence-corrected chi connectivity index (χ0v) is 18.6. The van der Waals surface area contributed by atoms with E-state index in [0.29, 0.717) is 43.8 Å². The molecule has 8 heteroatoms. The van der Waals surface area contributed by atoms with Crippen LogP contribution in [0.5, 0.6) is 5.88 Å². The highest BCUT2D eigenvalue weighted by Gasteiger charge is 2.33. The summed E-state index contributed by atoms with van der Waals surface area (Å²) < 4.78 is 19.3. The third-order valence-corrected chi connectivity index (χ3v) is 5.65. The molecule has 0 aliphatic carbocycles. The van der Waals surface area contributed by atoms with Crippen LogP contribution in [0.1, 0.15) is 20.8 Å². The molecular weight excluding hydrogens is 409 g/mol. The van der Waals surface area contributed by atoms with Crippen LogP contribution in [-0.4, -0.2) is 53.2 Å². The number of piperazine rings is 1. The van der Waals surface area contributed by atoms with Crippen molar-refractivity contribution in [2.75, 3.05) is 36.5 Å². The second kappa shape index (κ2) is 9.38. The van der Waals surface area contributed by atoms with Gasteiger partial charge in [-0.3, -0.25) is 0 Å². The van der Waals surface area contributed by atoms with Gasteiger partial charge >= 0.3 is 6.03 Å². The number of amides is 2. The van der Waals surface area contributed by atoms with Gasteiger partial charge in [-0.05, 0) is 43.2 Å². The highest BCUT2D eigenvalue weighted by atomic mass is 19.1. The van der Waals surface area contributed by atoms with Gasteiger partial charge in [0.1, 0.15) is 5.82 Å². The SMILES string of the molecule is CCOc1nc(N2CCN(C(=O)Nc3cccc(F)c3)CC2C(C)C)nc2ccccc12. The number of ether oxygens (including phenoxy) is 1. The Morgan fingerprint density at radius 3 is 2.75 bits per heavy atom. The zero-order valence-electron chi connectivity index (χ0n) is 18.6. The number of carbonyl (C=O) groups excluding carboxylic acids is 1. The molecule has 32 heavy (non-hydrogen) atoms. The first kappa shape index (κ1) is 21.8. The summed E-state index contributed by atoms with van der Waals surface area (Å²) in [5.74, 6) is 1.05. The van der Waals surface area contributed by atoms with Crippen LogP contribution in [0.25, 0.3) is 10.9 Å². The molecule has 1 aliphatic rings. The van der Waals surface area contributed by atoms with Crippen molar-refractivity contribution < 1.29 is 13.9 Å². The van der Waals surface area contributed by atoms with Gasteiger partial charge in [-0.25, -0.2) is 14.2 Å². The number of hydrogen-bond acceptors (Lipinski definition) is 5. The first-order chi connectivity index (χ1) is 15.5. The number of carbonyl (C=O) groups is 1. The maximum absolute atomic E-state index is 13.5. The van der Waals surface area contributed by atoms with Crippen LogP contribution in [0.15, 0.2) is 48.5 Å². The van der Waals surface area contributed by atoms with Gasteiger partial charge in [-0.1, -0.05) is 32.0 Å². The third kappa shape index (κ3) is 4.59. The minimum atomic E-state index is -0.383. The Kier molecular flexibility index (Phi) is 6.39. The average molecular weight is 438 g/mol. The number of anilines is 2. The normalized spacial score (nSPS) is 16.5. The van der Waals surface area contributed by atoms with Gasteiger partial charge in [-0.15, -0.1) is 0 Å². The Balaban J connectivity index is 1.57. The number of urea groups is 1. The molecular formula is C24H28FN5O2. The number of nitrogens with one attached hydrogen (secondary N) is 1. The Bertz CT molecular complexity index is 1110. The van der Waals surface area contributed by atoms with Gasteiger partial charge in [-0.2, -0.15) is 4.98 Å². The van der Waals surface area contributed by atoms with Crippen LogP contribution < -0.4 is 15.0 Å². The molecule has 2 aromatic carbocycles. The lowest BCUT2D eigenvalue weighted by molar-refractivity contribution is 0.189. The Labute approximate surface area is 187 Å². The second-order valence-electron chi connectivity index (χ2n) is 8.17. The lowest BCUT2D eigenvalue weighted by Crippen LogP contribution is -2.58. The van der Waals surface area contributed by atoms with Crippen molar-refractivity contribution in [2.45, 2.75) is 26.8 Å². The van der Waals surface area contributed by atoms with Crippen molar-refractivity contribution in [3.63, 3.8) is 0 Å². The molecule has 4 rings (SSSR count). The Hall–Kier alpha value is -3.42. The summed E-state index contributed by atoms with van der Waals surface area (Å²) >= 11 is 0. The Morgan fingerprint density at radius 2 is 2.00 bits per heavy atom. The number of fused-ring (bicyclic) bond motifs is 1. The molecule has 1 N–H and O–H groups in total. The topological polar surface area (TPSA) is 70.6 Å². The molecule has 2 heterocycles. The van der Waals surface area contributed by atoms with Crippen LogP contribution in [0, 0.1) is 11.7 Å². The minimum Gasteiger partial charge on any atom is -0.477 e. The molecule has 1 aromatic heterocycles. The summed E-state index contributed by atoms with van der Waals surface area (Å²) in [4.78, 5) is 26.3. The zero-order chi connectivity index (χ0) is 22.7. The second-order valence-corrected chi connectivity index (χ2v) is 8.17. The van der Waals surface area contributed by atoms with Gasteiger partial charge in [0.15, 0.2) is 0 Å². The van der Waals surface area contributed by atoms with Crippen LogP contribution in [0.3, 0.4) is 0 Å². The number of halogens is 1. The maximum Gasteiger partial charge on any atom is 0.321 e. The molecule has 0 spiro atoms. The molecule has 168 valence electrons. The standard InChI is InChI=1S/C24H28FN5O2/c1-4-32-22-19-10-5-6-11-20(19)27-23(28-22)30-13-12-29(15-21(30)16(2)3)24(31)26-18-9-7-8-17(25)14-18/h5-11,14,16,21H,4,12-13,15H2,1-3H3,(H,26,31). The molecule has 0 radical (unpaired) electrons. The lowest BCUT2D eigenvalue weighted by Gasteiger charge is -2.43. The lowest BCUT2D eigenvalue weighted by atomic mass is 10.00. The van der Waals surface area contributed by atoms with E-state index in [2.05, 4.69) is 24.1 Å². The Morgan fingerprint density at radius 1 is 1.19 bits per heavy atom. The van der Waals surface area contributed by atoms with E-state index in [1.807, 2.05) is 31.2 Å². The smallest absolute Gasteiger partial charge is 0.321 e. The van der Waals surface area contributed by atoms with Crippen molar-refractivity contribution >= 4 is 28.6 Å². The van der Waals surface area contributed by atoms with Crippen molar-refractivity contribution in [3.05, 3.63) is 54.3 Å². The predicted molar refractivity (Wildman–Crippen MR) is 124 cm³/mol. The fourth-order valence-corrected chi connectivity index (χ4v) is 3.99. The first-order valence-corrected chi connectivity index (χ1v) is 10.9. The summed E-state index contributed by atoms with van der Waals surface area (Å²) in [5, 5.41) is 3.68. The number of nitrogens with zero attached hydrogens (tertiary/aromatic N) is 4. The quantitative estimate of drug-likeness (QED) is 0.634. The summed E-state index contributed by atoms with van der Waals surface area (Å²) in [5.41, 5.74) is 1.27. The summed E-state index contributed by atoms with van der Waals surface area (Å²) in [6.07, 6.45) is 0. The van der Waals surface area contributed by atoms with Crippen molar-refractivity contribution in [1.29, 1.82) is 0 Å². The number of hydrogen-bond donors (Lipinski definition) is 1. The highest BCUT2D eigenvalue weighted by molar-refractivity contribution is 5.89. The van der Waals surface area contributed by atoms with Gasteiger partial charge in [0, 0.05) is 25.3 Å². The molecule has 1 fully saturated rings. The maximum atomic E-state index is 13.5. The van der Waals surface area contributed by atoms with Crippen molar-refractivity contribution in [1.82, 2.24) is 14.9 Å². The first-order valence-electron chi connectivity index (χ1n) is 10.9. The molecule has 2 amide bonds. The van der Waals surface area contributed by atoms with E-state index in [9.17, 15) is 9.18 Å². The number of aromatic nitrogens is 2. The number of para-hydroxylation sites is 1. The largest absolute Gasteiger partial charge is 0.477 e. The fourth-order valence-electron chi connectivity index (χ4n) is 3.99. The number of benzene rings is 2. The van der Waals surface area contributed by atoms with Gasteiger partial charge in [0.05, 0.1) is 23.6 Å². The summed E-state index contributed by atoms with van der Waals surface area (Å²) in [6.45, 7) is 8.30. The van der Waals surface area contributed by atoms with Crippen LogP contribution in [-0.2, 0) is 0 Å². The van der Waals surface area contributed by atoms with E-state index < -0.39 is 0 Å². The third-order valence-electron chi connectivity index (χ3n) is 5.65. The van der Waals surface area contributed by atoms with E-state index in [1.54, 1.807) is 17.0 Å². The van der Waals surface area contributed by atoms with Gasteiger partial charge in [0.2, 0.25) is 11.8 Å². The molecule has 1 unspecified atom stereocenters. The monoisotopic (exact) mass is 437 g/mol. The highest BCUT2D eigenvalue weighted by Crippen LogP contribution is 2.29. The molecule has 0 saturated carbocycles. The van der Waals surface area contributed by atoms with Crippen molar-refractivity contribution in [2.24, 2.45) is 5.92 Å². The molecule has 0 bridgehead atoms. The summed E-state index contributed by atoms with van der Waals surface area (Å²) in [6, 6.07) is 13.5. The van der Waals surface area contributed by atoms with E-state index in [1.165, 1.54) is 12.1 Å². The molecule has 1 saturated heterocycles. The fraction of sp³-hybridized carbons (Fsp3) is 0.375. The predicted octanol–water partition coefficient (Wildman–Crippen LogP) is 4.55. The molecule has 1 atom stereocenters. The molecule has 1 aliphatic heterocycles. The van der Waals surface area contributed by atoms with E-state index >= 15 is 0 Å². The van der Waals surface area contributed by atoms with E-state index in [4.69, 9.17) is 14.7 Å². The van der Waals surface area contributed by atoms with E-state index in [-0.39, 0.29) is 23.8 Å². The van der Waals surface area contributed by atoms with Gasteiger partial charge < -0.3 is 19.9 Å². The van der Waals surface area contributed by atoms with E-state index in [0.717, 1.165) is 10.9 Å². The van der Waals surface area contributed by atoms with Gasteiger partial charge in [0.25, 0.3) is 0 Å². The van der Waals surface area contributed by atoms with Crippen molar-refractivity contribution in [3.8, 4) is 5.88 Å². The number of rotatable bonds is 5. The average Bonchev–Trinajstić information content (AvgIpc) is 2.78. The molecule has 7 nitrogen and oxygen atoms in total. The summed E-state index contributed by atoms with van der Waals surface area (Å²) in [7, 11) is 0. The van der Waals surface area contributed by atoms with Crippen LogP contribution in [0.4, 0.5) is 20.8 Å². The molecule has 3 aromatic rings. The van der Waals surface area contributed by atoms with Crippen LogP contribution in [0.2, 0.25) is 0 Å². The minimum absolute atomic E-state index is 0.0256. The van der Waals surface area contributed by atoms with Crippen LogP contribution >= 0.6 is 0 Å².